The van der Waals surface area contributed by atoms with E-state index in [0.717, 1.165) is 5.39 Å². The van der Waals surface area contributed by atoms with E-state index in [-0.39, 0.29) is 44.9 Å². The lowest BCUT2D eigenvalue weighted by atomic mass is 10.1. The molecule has 2 aromatic rings. The fourth-order valence-corrected chi connectivity index (χ4v) is 3.79. The van der Waals surface area contributed by atoms with Crippen LogP contribution in [0.2, 0.25) is 0 Å². The summed E-state index contributed by atoms with van der Waals surface area (Å²) >= 11 is 0. The van der Waals surface area contributed by atoms with Crippen LogP contribution in [0.15, 0.2) is 30.3 Å². The zero-order valence-electron chi connectivity index (χ0n) is 19.4. The number of aromatic nitrogens is 1. The Bertz CT molecular complexity index is 1070. The summed E-state index contributed by atoms with van der Waals surface area (Å²) in [6, 6.07) is 8.16. The molecule has 3 amide bonds. The Hall–Kier alpha value is -3.89. The van der Waals surface area contributed by atoms with Crippen molar-refractivity contribution in [3.05, 3.63) is 36.0 Å². The molecule has 1 aromatic carbocycles. The molecule has 0 radical (unpaired) electrons. The van der Waals surface area contributed by atoms with Gasteiger partial charge < -0.3 is 29.3 Å². The first-order chi connectivity index (χ1) is 16.4. The molecule has 0 aliphatic carbocycles. The van der Waals surface area contributed by atoms with Gasteiger partial charge in [-0.15, -0.1) is 0 Å². The number of methoxy groups -OCH3 is 2. The van der Waals surface area contributed by atoms with E-state index in [4.69, 9.17) is 14.2 Å². The first kappa shape index (κ1) is 24.7. The standard InChI is InChI=1S/C23H28N4O7/c1-4-34-23(31)26-9-10-27(15(14-26)11-21(29)33-3)20(28)13-24-22(30)18-12-19(32-2)16-7-5-6-8-17(16)25-18/h5-8,12,15H,4,9-11,13-14H2,1-3H3,(H,24,30). The van der Waals surface area contributed by atoms with E-state index in [1.807, 2.05) is 12.1 Å². The van der Waals surface area contributed by atoms with E-state index < -0.39 is 29.9 Å². The van der Waals surface area contributed by atoms with Gasteiger partial charge >= 0.3 is 12.1 Å². The molecule has 11 nitrogen and oxygen atoms in total. The maximum absolute atomic E-state index is 12.9. The maximum atomic E-state index is 12.9. The van der Waals surface area contributed by atoms with Crippen LogP contribution in [0.3, 0.4) is 0 Å². The third kappa shape index (κ3) is 5.72. The summed E-state index contributed by atoms with van der Waals surface area (Å²) in [5.41, 5.74) is 0.702. The number of hydrogen-bond donors (Lipinski definition) is 1. The summed E-state index contributed by atoms with van der Waals surface area (Å²) in [7, 11) is 2.76. The lowest BCUT2D eigenvalue weighted by Gasteiger charge is -2.40. The minimum Gasteiger partial charge on any atom is -0.496 e. The van der Waals surface area contributed by atoms with Gasteiger partial charge in [-0.3, -0.25) is 14.4 Å². The summed E-state index contributed by atoms with van der Waals surface area (Å²) in [6.07, 6.45) is -0.593. The molecule has 1 aliphatic heterocycles. The van der Waals surface area contributed by atoms with Gasteiger partial charge in [0.15, 0.2) is 0 Å². The number of pyridine rings is 1. The zero-order chi connectivity index (χ0) is 24.7. The number of hydrogen-bond acceptors (Lipinski definition) is 8. The number of para-hydroxylation sites is 1. The maximum Gasteiger partial charge on any atom is 0.409 e. The van der Waals surface area contributed by atoms with E-state index >= 15 is 0 Å². The number of nitrogens with zero attached hydrogens (tertiary/aromatic N) is 3. The van der Waals surface area contributed by atoms with Gasteiger partial charge in [0.2, 0.25) is 5.91 Å². The first-order valence-corrected chi connectivity index (χ1v) is 10.9. The van der Waals surface area contributed by atoms with Crippen molar-refractivity contribution in [2.75, 3.05) is 47.0 Å². The summed E-state index contributed by atoms with van der Waals surface area (Å²) < 4.78 is 15.1. The van der Waals surface area contributed by atoms with Crippen LogP contribution in [0.25, 0.3) is 10.9 Å². The van der Waals surface area contributed by atoms with Crippen molar-refractivity contribution in [1.29, 1.82) is 0 Å². The molecule has 1 aromatic heterocycles. The Balaban J connectivity index is 1.68. The number of nitrogens with one attached hydrogen (secondary N) is 1. The normalized spacial score (nSPS) is 15.6. The number of ether oxygens (including phenoxy) is 3. The molecule has 0 bridgehead atoms. The van der Waals surface area contributed by atoms with Crippen molar-refractivity contribution >= 4 is 34.8 Å². The Labute approximate surface area is 196 Å². The smallest absolute Gasteiger partial charge is 0.409 e. The second kappa shape index (κ2) is 11.3. The minimum atomic E-state index is -0.603. The quantitative estimate of drug-likeness (QED) is 0.596. The van der Waals surface area contributed by atoms with Crippen LogP contribution in [0, 0.1) is 0 Å². The lowest BCUT2D eigenvalue weighted by molar-refractivity contribution is -0.145. The molecule has 0 spiro atoms. The first-order valence-electron chi connectivity index (χ1n) is 10.9. The fourth-order valence-electron chi connectivity index (χ4n) is 3.79. The van der Waals surface area contributed by atoms with Gasteiger partial charge in [0.25, 0.3) is 5.91 Å². The largest absolute Gasteiger partial charge is 0.496 e. The van der Waals surface area contributed by atoms with Crippen LogP contribution < -0.4 is 10.1 Å². The molecule has 1 aliphatic rings. The van der Waals surface area contributed by atoms with Gasteiger partial charge in [-0.1, -0.05) is 12.1 Å². The van der Waals surface area contributed by atoms with Gasteiger partial charge in [0.1, 0.15) is 11.4 Å². The third-order valence-corrected chi connectivity index (χ3v) is 5.49. The second-order valence-corrected chi connectivity index (χ2v) is 7.58. The number of benzene rings is 1. The summed E-state index contributed by atoms with van der Waals surface area (Å²) in [6.45, 7) is 2.19. The van der Waals surface area contributed by atoms with E-state index in [0.29, 0.717) is 11.3 Å². The Morgan fingerprint density at radius 1 is 1.15 bits per heavy atom. The average molecular weight is 472 g/mol. The number of fused-ring (bicyclic) bond motifs is 1. The van der Waals surface area contributed by atoms with Crippen LogP contribution in [0.5, 0.6) is 5.75 Å². The number of amides is 3. The summed E-state index contributed by atoms with van der Waals surface area (Å²) in [4.78, 5) is 56.9. The molecule has 11 heteroatoms. The predicted molar refractivity (Wildman–Crippen MR) is 121 cm³/mol. The summed E-state index contributed by atoms with van der Waals surface area (Å²) in [5.74, 6) is -0.939. The van der Waals surface area contributed by atoms with Crippen molar-refractivity contribution in [2.45, 2.75) is 19.4 Å². The van der Waals surface area contributed by atoms with Crippen molar-refractivity contribution in [2.24, 2.45) is 0 Å². The van der Waals surface area contributed by atoms with Gasteiger partial charge in [-0.2, -0.15) is 0 Å². The van der Waals surface area contributed by atoms with Crippen LogP contribution in [-0.2, 0) is 19.1 Å². The van der Waals surface area contributed by atoms with Crippen LogP contribution in [-0.4, -0.2) is 91.7 Å². The highest BCUT2D eigenvalue weighted by atomic mass is 16.6. The summed E-state index contributed by atoms with van der Waals surface area (Å²) in [5, 5.41) is 3.35. The highest BCUT2D eigenvalue weighted by molar-refractivity contribution is 5.98. The van der Waals surface area contributed by atoms with Crippen molar-refractivity contribution < 1.29 is 33.4 Å². The molecule has 1 unspecified atom stereocenters. The molecular weight excluding hydrogens is 444 g/mol. The van der Waals surface area contributed by atoms with E-state index in [1.54, 1.807) is 19.1 Å². The zero-order valence-corrected chi connectivity index (χ0v) is 19.4. The van der Waals surface area contributed by atoms with E-state index in [9.17, 15) is 19.2 Å². The van der Waals surface area contributed by atoms with Crippen molar-refractivity contribution in [3.8, 4) is 5.75 Å². The van der Waals surface area contributed by atoms with Crippen molar-refractivity contribution in [1.82, 2.24) is 20.1 Å². The molecule has 1 N–H and O–H groups in total. The number of piperazine rings is 1. The van der Waals surface area contributed by atoms with Crippen LogP contribution in [0.4, 0.5) is 4.79 Å². The van der Waals surface area contributed by atoms with E-state index in [2.05, 4.69) is 10.3 Å². The highest BCUT2D eigenvalue weighted by Gasteiger charge is 2.34. The molecule has 2 heterocycles. The Morgan fingerprint density at radius 3 is 2.62 bits per heavy atom. The Kier molecular flexibility index (Phi) is 8.23. The highest BCUT2D eigenvalue weighted by Crippen LogP contribution is 2.25. The predicted octanol–water partition coefficient (Wildman–Crippen LogP) is 1.21. The minimum absolute atomic E-state index is 0.0878. The van der Waals surface area contributed by atoms with Gasteiger partial charge in [-0.25, -0.2) is 9.78 Å². The molecule has 1 saturated heterocycles. The molecule has 34 heavy (non-hydrogen) atoms. The molecular formula is C23H28N4O7. The number of carbonyl (C=O) groups excluding carboxylic acids is 4. The number of rotatable bonds is 7. The topological polar surface area (TPSA) is 127 Å². The average Bonchev–Trinajstić information content (AvgIpc) is 2.86. The fraction of sp³-hybridized carbons (Fsp3) is 0.435. The number of carbonyl (C=O) groups is 4. The Morgan fingerprint density at radius 2 is 1.91 bits per heavy atom. The molecule has 0 saturated carbocycles. The monoisotopic (exact) mass is 472 g/mol. The SMILES string of the molecule is CCOC(=O)N1CCN(C(=O)CNC(=O)c2cc(OC)c3ccccc3n2)C(CC(=O)OC)C1. The van der Waals surface area contributed by atoms with Crippen molar-refractivity contribution in [3.63, 3.8) is 0 Å². The van der Waals surface area contributed by atoms with Gasteiger partial charge in [-0.05, 0) is 19.1 Å². The second-order valence-electron chi connectivity index (χ2n) is 7.58. The molecule has 1 fully saturated rings. The number of esters is 1. The molecule has 1 atom stereocenters. The van der Waals surface area contributed by atoms with Gasteiger partial charge in [0, 0.05) is 31.1 Å². The lowest BCUT2D eigenvalue weighted by Crippen LogP contribution is -2.58. The third-order valence-electron chi connectivity index (χ3n) is 5.49. The van der Waals surface area contributed by atoms with E-state index in [1.165, 1.54) is 30.1 Å². The van der Waals surface area contributed by atoms with Crippen LogP contribution in [0.1, 0.15) is 23.8 Å². The van der Waals surface area contributed by atoms with Gasteiger partial charge in [0.05, 0.1) is 45.4 Å². The van der Waals surface area contributed by atoms with Crippen LogP contribution >= 0.6 is 0 Å². The molecule has 182 valence electrons. The molecule has 3 rings (SSSR count).